The van der Waals surface area contributed by atoms with Gasteiger partial charge in [-0.05, 0) is 66.3 Å². The molecule has 0 radical (unpaired) electrons. The molecule has 1 aliphatic carbocycles. The van der Waals surface area contributed by atoms with E-state index in [2.05, 4.69) is 17.4 Å². The van der Waals surface area contributed by atoms with E-state index in [9.17, 15) is 4.39 Å². The summed E-state index contributed by atoms with van der Waals surface area (Å²) >= 11 is 0. The number of aliphatic hydroxyl groups excluding tert-OH is 1. The summed E-state index contributed by atoms with van der Waals surface area (Å²) < 4.78 is 12.9. The standard InChI is InChI=1S/C19H20FNO/c20-17-5-1-14(2-6-17)9-11-21-19-8-4-16-13-15(10-12-22)3-7-18(16)19/h1-3,5-7,10,12-13,19,21-22H,4,8-9,11H2/b12-10-. The van der Waals surface area contributed by atoms with Crippen LogP contribution in [0.2, 0.25) is 0 Å². The highest BCUT2D eigenvalue weighted by Gasteiger charge is 2.21. The fraction of sp³-hybridized carbons (Fsp3) is 0.263. The van der Waals surface area contributed by atoms with Crippen LogP contribution in [0.25, 0.3) is 6.08 Å². The molecule has 0 bridgehead atoms. The van der Waals surface area contributed by atoms with Crippen LogP contribution in [0, 0.1) is 5.82 Å². The molecule has 0 aliphatic heterocycles. The van der Waals surface area contributed by atoms with Crippen molar-refractivity contribution in [1.29, 1.82) is 0 Å². The highest BCUT2D eigenvalue weighted by atomic mass is 19.1. The molecule has 1 aliphatic rings. The second-order valence-corrected chi connectivity index (χ2v) is 5.70. The Bertz CT molecular complexity index is 664. The van der Waals surface area contributed by atoms with E-state index in [0.717, 1.165) is 43.2 Å². The third-order valence-electron chi connectivity index (χ3n) is 4.23. The van der Waals surface area contributed by atoms with Crippen molar-refractivity contribution in [1.82, 2.24) is 5.32 Å². The number of halogens is 1. The summed E-state index contributed by atoms with van der Waals surface area (Å²) in [6.45, 7) is 0.883. The summed E-state index contributed by atoms with van der Waals surface area (Å²) in [6, 6.07) is 13.4. The zero-order valence-corrected chi connectivity index (χ0v) is 12.4. The number of aryl methyl sites for hydroxylation is 1. The second kappa shape index (κ2) is 6.75. The van der Waals surface area contributed by atoms with Crippen LogP contribution < -0.4 is 5.32 Å². The molecule has 1 unspecified atom stereocenters. The van der Waals surface area contributed by atoms with E-state index in [1.807, 2.05) is 18.2 Å². The highest BCUT2D eigenvalue weighted by molar-refractivity contribution is 5.52. The van der Waals surface area contributed by atoms with Crippen LogP contribution in [0.3, 0.4) is 0 Å². The van der Waals surface area contributed by atoms with Gasteiger partial charge in [0.25, 0.3) is 0 Å². The lowest BCUT2D eigenvalue weighted by Gasteiger charge is -2.14. The molecule has 0 fully saturated rings. The molecule has 0 aromatic heterocycles. The fourth-order valence-corrected chi connectivity index (χ4v) is 3.08. The van der Waals surface area contributed by atoms with E-state index in [1.165, 1.54) is 23.3 Å². The molecule has 1 atom stereocenters. The van der Waals surface area contributed by atoms with Crippen LogP contribution in [0.5, 0.6) is 0 Å². The van der Waals surface area contributed by atoms with Gasteiger partial charge >= 0.3 is 0 Å². The molecule has 3 heteroatoms. The molecule has 0 saturated heterocycles. The third-order valence-corrected chi connectivity index (χ3v) is 4.23. The van der Waals surface area contributed by atoms with Crippen LogP contribution in [0.1, 0.15) is 34.7 Å². The van der Waals surface area contributed by atoms with Crippen molar-refractivity contribution in [3.8, 4) is 0 Å². The van der Waals surface area contributed by atoms with E-state index >= 15 is 0 Å². The van der Waals surface area contributed by atoms with Crippen molar-refractivity contribution in [2.75, 3.05) is 6.54 Å². The van der Waals surface area contributed by atoms with Gasteiger partial charge in [-0.15, -0.1) is 0 Å². The lowest BCUT2D eigenvalue weighted by molar-refractivity contribution is 0.478. The molecule has 0 saturated carbocycles. The normalized spacial score (nSPS) is 17.0. The summed E-state index contributed by atoms with van der Waals surface area (Å²) in [4.78, 5) is 0. The van der Waals surface area contributed by atoms with Gasteiger partial charge in [-0.2, -0.15) is 0 Å². The van der Waals surface area contributed by atoms with Gasteiger partial charge in [-0.1, -0.05) is 30.3 Å². The largest absolute Gasteiger partial charge is 0.516 e. The van der Waals surface area contributed by atoms with Gasteiger partial charge in [0, 0.05) is 6.04 Å². The first-order chi connectivity index (χ1) is 10.8. The van der Waals surface area contributed by atoms with Crippen molar-refractivity contribution >= 4 is 6.08 Å². The minimum Gasteiger partial charge on any atom is -0.516 e. The molecule has 2 aromatic carbocycles. The third kappa shape index (κ3) is 3.37. The topological polar surface area (TPSA) is 32.3 Å². The summed E-state index contributed by atoms with van der Waals surface area (Å²) in [6.07, 6.45) is 5.85. The first-order valence-electron chi connectivity index (χ1n) is 7.67. The minimum absolute atomic E-state index is 0.186. The summed E-state index contributed by atoms with van der Waals surface area (Å²) in [5.41, 5.74) is 4.90. The lowest BCUT2D eigenvalue weighted by atomic mass is 10.0. The summed E-state index contributed by atoms with van der Waals surface area (Å²) in [7, 11) is 0. The Kier molecular flexibility index (Phi) is 4.54. The van der Waals surface area contributed by atoms with Crippen LogP contribution in [-0.2, 0) is 12.8 Å². The van der Waals surface area contributed by atoms with Gasteiger partial charge in [0.2, 0.25) is 0 Å². The van der Waals surface area contributed by atoms with E-state index in [-0.39, 0.29) is 5.82 Å². The summed E-state index contributed by atoms with van der Waals surface area (Å²) in [5.74, 6) is -0.186. The maximum Gasteiger partial charge on any atom is 0.123 e. The maximum absolute atomic E-state index is 12.9. The molecule has 2 nitrogen and oxygen atoms in total. The maximum atomic E-state index is 12.9. The molecule has 22 heavy (non-hydrogen) atoms. The predicted octanol–water partition coefficient (Wildman–Crippen LogP) is 4.17. The monoisotopic (exact) mass is 297 g/mol. The van der Waals surface area contributed by atoms with Crippen molar-refractivity contribution in [2.45, 2.75) is 25.3 Å². The van der Waals surface area contributed by atoms with Crippen LogP contribution in [0.15, 0.2) is 48.7 Å². The molecule has 2 aromatic rings. The van der Waals surface area contributed by atoms with Gasteiger partial charge in [0.1, 0.15) is 5.82 Å². The fourth-order valence-electron chi connectivity index (χ4n) is 3.08. The number of rotatable bonds is 5. The number of nitrogens with one attached hydrogen (secondary N) is 1. The van der Waals surface area contributed by atoms with Crippen molar-refractivity contribution in [3.63, 3.8) is 0 Å². The molecule has 114 valence electrons. The van der Waals surface area contributed by atoms with E-state index in [0.29, 0.717) is 6.04 Å². The average Bonchev–Trinajstić information content (AvgIpc) is 2.92. The lowest BCUT2D eigenvalue weighted by Crippen LogP contribution is -2.21. The first-order valence-corrected chi connectivity index (χ1v) is 7.67. The molecule has 0 amide bonds. The molecular weight excluding hydrogens is 277 g/mol. The Hall–Kier alpha value is -2.13. The zero-order chi connectivity index (χ0) is 15.4. The number of hydrogen-bond acceptors (Lipinski definition) is 2. The SMILES string of the molecule is O/C=C\c1ccc2c(c1)CCC2NCCc1ccc(F)cc1. The van der Waals surface area contributed by atoms with Gasteiger partial charge in [0.05, 0.1) is 6.26 Å². The van der Waals surface area contributed by atoms with Gasteiger partial charge in [-0.25, -0.2) is 4.39 Å². The Morgan fingerprint density at radius 3 is 2.77 bits per heavy atom. The Morgan fingerprint density at radius 2 is 2.00 bits per heavy atom. The highest BCUT2D eigenvalue weighted by Crippen LogP contribution is 2.31. The van der Waals surface area contributed by atoms with Crippen LogP contribution >= 0.6 is 0 Å². The Balaban J connectivity index is 1.58. The van der Waals surface area contributed by atoms with Crippen LogP contribution in [-0.4, -0.2) is 11.7 Å². The molecule has 0 spiro atoms. The quantitative estimate of drug-likeness (QED) is 0.812. The average molecular weight is 297 g/mol. The molecule has 2 N–H and O–H groups in total. The Labute approximate surface area is 130 Å². The predicted molar refractivity (Wildman–Crippen MR) is 87.3 cm³/mol. The van der Waals surface area contributed by atoms with Crippen molar-refractivity contribution in [2.24, 2.45) is 0 Å². The van der Waals surface area contributed by atoms with Crippen LogP contribution in [0.4, 0.5) is 4.39 Å². The first kappa shape index (κ1) is 14.8. The second-order valence-electron chi connectivity index (χ2n) is 5.70. The minimum atomic E-state index is -0.186. The smallest absolute Gasteiger partial charge is 0.123 e. The van der Waals surface area contributed by atoms with Gasteiger partial charge < -0.3 is 10.4 Å². The number of benzene rings is 2. The van der Waals surface area contributed by atoms with Crippen molar-refractivity contribution in [3.05, 3.63) is 76.8 Å². The van der Waals surface area contributed by atoms with E-state index in [1.54, 1.807) is 6.08 Å². The number of aliphatic hydroxyl groups is 1. The molecular formula is C19H20FNO. The summed E-state index contributed by atoms with van der Waals surface area (Å²) in [5, 5.41) is 12.4. The number of hydrogen-bond donors (Lipinski definition) is 2. The molecule has 0 heterocycles. The van der Waals surface area contributed by atoms with Gasteiger partial charge in [-0.3, -0.25) is 0 Å². The zero-order valence-electron chi connectivity index (χ0n) is 12.4. The Morgan fingerprint density at radius 1 is 1.18 bits per heavy atom. The number of fused-ring (bicyclic) bond motifs is 1. The van der Waals surface area contributed by atoms with Crippen molar-refractivity contribution < 1.29 is 9.50 Å². The van der Waals surface area contributed by atoms with E-state index < -0.39 is 0 Å². The van der Waals surface area contributed by atoms with E-state index in [4.69, 9.17) is 5.11 Å². The van der Waals surface area contributed by atoms with Gasteiger partial charge in [0.15, 0.2) is 0 Å². The molecule has 3 rings (SSSR count).